The minimum atomic E-state index is 0.462. The van der Waals surface area contributed by atoms with Gasteiger partial charge in [-0.2, -0.15) is 5.10 Å². The highest BCUT2D eigenvalue weighted by molar-refractivity contribution is 6.30. The second kappa shape index (κ2) is 9.18. The third kappa shape index (κ3) is 5.78. The summed E-state index contributed by atoms with van der Waals surface area (Å²) in [5.41, 5.74) is 4.77. The summed E-state index contributed by atoms with van der Waals surface area (Å²) >= 11 is 5.86. The summed E-state index contributed by atoms with van der Waals surface area (Å²) in [6, 6.07) is 13.2. The van der Waals surface area contributed by atoms with E-state index in [1.54, 1.807) is 6.21 Å². The van der Waals surface area contributed by atoms with Crippen LogP contribution in [0, 0.1) is 5.92 Å². The number of hydrogen-bond acceptors (Lipinski definition) is 4. The molecule has 0 aliphatic carbocycles. The molecule has 0 radical (unpaired) electrons. The molecule has 0 unspecified atom stereocenters. The third-order valence-corrected chi connectivity index (χ3v) is 3.34. The molecule has 0 heterocycles. The van der Waals surface area contributed by atoms with E-state index in [4.69, 9.17) is 21.1 Å². The molecule has 0 amide bonds. The first-order valence-corrected chi connectivity index (χ1v) is 8.40. The molecule has 0 fully saturated rings. The highest BCUT2D eigenvalue weighted by Gasteiger charge is 2.07. The Kier molecular flexibility index (Phi) is 6.94. The van der Waals surface area contributed by atoms with Crippen molar-refractivity contribution < 1.29 is 9.47 Å². The van der Waals surface area contributed by atoms with Crippen molar-refractivity contribution in [3.05, 3.63) is 53.1 Å². The molecule has 0 atom stereocenters. The molecule has 0 bridgehead atoms. The van der Waals surface area contributed by atoms with Crippen LogP contribution >= 0.6 is 11.6 Å². The number of hydrazone groups is 1. The normalized spacial score (nSPS) is 11.0. The molecule has 24 heavy (non-hydrogen) atoms. The van der Waals surface area contributed by atoms with Crippen molar-refractivity contribution in [1.29, 1.82) is 0 Å². The van der Waals surface area contributed by atoms with Gasteiger partial charge in [0.25, 0.3) is 0 Å². The Balaban J connectivity index is 2.05. The van der Waals surface area contributed by atoms with E-state index in [1.807, 2.05) is 49.4 Å². The summed E-state index contributed by atoms with van der Waals surface area (Å²) in [5.74, 6) is 1.95. The van der Waals surface area contributed by atoms with Crippen LogP contribution in [0.5, 0.6) is 11.5 Å². The quantitative estimate of drug-likeness (QED) is 0.526. The molecule has 128 valence electrons. The number of halogens is 1. The van der Waals surface area contributed by atoms with Gasteiger partial charge in [0.05, 0.1) is 25.1 Å². The zero-order chi connectivity index (χ0) is 17.4. The Labute approximate surface area is 148 Å². The second-order valence-electron chi connectivity index (χ2n) is 5.72. The van der Waals surface area contributed by atoms with Crippen molar-refractivity contribution in [2.45, 2.75) is 20.8 Å². The highest BCUT2D eigenvalue weighted by atomic mass is 35.5. The van der Waals surface area contributed by atoms with Crippen LogP contribution in [0.25, 0.3) is 0 Å². The number of ether oxygens (including phenoxy) is 2. The van der Waals surface area contributed by atoms with E-state index < -0.39 is 0 Å². The zero-order valence-electron chi connectivity index (χ0n) is 14.3. The molecule has 4 nitrogen and oxygen atoms in total. The number of rotatable bonds is 8. The number of nitrogens with one attached hydrogen (secondary N) is 1. The van der Waals surface area contributed by atoms with Gasteiger partial charge in [0.2, 0.25) is 0 Å². The van der Waals surface area contributed by atoms with Crippen molar-refractivity contribution in [1.82, 2.24) is 0 Å². The Hall–Kier alpha value is -2.20. The van der Waals surface area contributed by atoms with E-state index in [-0.39, 0.29) is 0 Å². The first-order chi connectivity index (χ1) is 11.6. The number of benzene rings is 2. The molecule has 0 saturated carbocycles. The number of hydrogen-bond donors (Lipinski definition) is 1. The minimum absolute atomic E-state index is 0.462. The van der Waals surface area contributed by atoms with E-state index >= 15 is 0 Å². The van der Waals surface area contributed by atoms with Gasteiger partial charge in [-0.05, 0) is 60.9 Å². The van der Waals surface area contributed by atoms with E-state index in [9.17, 15) is 0 Å². The van der Waals surface area contributed by atoms with Crippen molar-refractivity contribution in [2.75, 3.05) is 18.6 Å². The van der Waals surface area contributed by atoms with Gasteiger partial charge >= 0.3 is 0 Å². The molecular weight excluding hydrogens is 324 g/mol. The van der Waals surface area contributed by atoms with E-state index in [0.29, 0.717) is 24.2 Å². The lowest BCUT2D eigenvalue weighted by atomic mass is 10.2. The third-order valence-electron chi connectivity index (χ3n) is 3.09. The Morgan fingerprint density at radius 1 is 1.08 bits per heavy atom. The van der Waals surface area contributed by atoms with Crippen LogP contribution in [-0.4, -0.2) is 19.4 Å². The lowest BCUT2D eigenvalue weighted by molar-refractivity contribution is 0.248. The van der Waals surface area contributed by atoms with Gasteiger partial charge in [-0.1, -0.05) is 25.4 Å². The monoisotopic (exact) mass is 346 g/mol. The van der Waals surface area contributed by atoms with Gasteiger partial charge in [-0.3, -0.25) is 5.43 Å². The molecule has 1 N–H and O–H groups in total. The maximum atomic E-state index is 5.86. The smallest absolute Gasteiger partial charge is 0.161 e. The van der Waals surface area contributed by atoms with E-state index in [2.05, 4.69) is 24.4 Å². The summed E-state index contributed by atoms with van der Waals surface area (Å²) in [6.45, 7) is 7.43. The fraction of sp³-hybridized carbons (Fsp3) is 0.316. The van der Waals surface area contributed by atoms with Gasteiger partial charge in [-0.15, -0.1) is 0 Å². The topological polar surface area (TPSA) is 42.8 Å². The maximum absolute atomic E-state index is 5.86. The molecule has 0 saturated heterocycles. The van der Waals surface area contributed by atoms with Crippen molar-refractivity contribution in [3.63, 3.8) is 0 Å². The van der Waals surface area contributed by atoms with Crippen LogP contribution in [0.3, 0.4) is 0 Å². The minimum Gasteiger partial charge on any atom is -0.490 e. The summed E-state index contributed by atoms with van der Waals surface area (Å²) in [4.78, 5) is 0. The molecule has 2 rings (SSSR count). The maximum Gasteiger partial charge on any atom is 0.161 e. The molecule has 2 aromatic rings. The first-order valence-electron chi connectivity index (χ1n) is 8.02. The molecule has 0 aliphatic rings. The zero-order valence-corrected chi connectivity index (χ0v) is 15.0. The Bertz CT molecular complexity index is 670. The molecule has 0 aliphatic heterocycles. The standard InChI is InChI=1S/C19H23ClN2O2/c1-4-23-19-11-15(5-10-18(19)24-13-14(2)3)12-21-22-17-8-6-16(20)7-9-17/h5-12,14,22H,4,13H2,1-3H3. The highest BCUT2D eigenvalue weighted by Crippen LogP contribution is 2.28. The van der Waals surface area contributed by atoms with Crippen LogP contribution in [-0.2, 0) is 0 Å². The van der Waals surface area contributed by atoms with Gasteiger partial charge < -0.3 is 9.47 Å². The Morgan fingerprint density at radius 2 is 1.83 bits per heavy atom. The fourth-order valence-corrected chi connectivity index (χ4v) is 2.08. The first kappa shape index (κ1) is 18.1. The average Bonchev–Trinajstić information content (AvgIpc) is 2.56. The summed E-state index contributed by atoms with van der Waals surface area (Å²) in [6.07, 6.45) is 1.74. The van der Waals surface area contributed by atoms with Gasteiger partial charge in [0, 0.05) is 5.02 Å². The van der Waals surface area contributed by atoms with Crippen LogP contribution in [0.15, 0.2) is 47.6 Å². The fourth-order valence-electron chi connectivity index (χ4n) is 1.95. The van der Waals surface area contributed by atoms with Gasteiger partial charge in [0.1, 0.15) is 0 Å². The number of anilines is 1. The number of nitrogens with zero attached hydrogens (tertiary/aromatic N) is 1. The lowest BCUT2D eigenvalue weighted by Crippen LogP contribution is -2.06. The van der Waals surface area contributed by atoms with Crippen LogP contribution in [0.2, 0.25) is 5.02 Å². The molecule has 5 heteroatoms. The van der Waals surface area contributed by atoms with Crippen LogP contribution in [0.1, 0.15) is 26.3 Å². The van der Waals surface area contributed by atoms with Gasteiger partial charge in [-0.25, -0.2) is 0 Å². The van der Waals surface area contributed by atoms with Crippen LogP contribution in [0.4, 0.5) is 5.69 Å². The van der Waals surface area contributed by atoms with Crippen molar-refractivity contribution in [3.8, 4) is 11.5 Å². The average molecular weight is 347 g/mol. The lowest BCUT2D eigenvalue weighted by Gasteiger charge is -2.13. The summed E-state index contributed by atoms with van der Waals surface area (Å²) in [5, 5.41) is 4.93. The SMILES string of the molecule is CCOc1cc(C=NNc2ccc(Cl)cc2)ccc1OCC(C)C. The largest absolute Gasteiger partial charge is 0.490 e. The Morgan fingerprint density at radius 3 is 2.50 bits per heavy atom. The second-order valence-corrected chi connectivity index (χ2v) is 6.16. The molecular formula is C19H23ClN2O2. The van der Waals surface area contributed by atoms with Crippen molar-refractivity contribution >= 4 is 23.5 Å². The summed E-state index contributed by atoms with van der Waals surface area (Å²) < 4.78 is 11.5. The van der Waals surface area contributed by atoms with E-state index in [0.717, 1.165) is 22.7 Å². The molecule has 0 aromatic heterocycles. The molecule has 0 spiro atoms. The molecule has 2 aromatic carbocycles. The van der Waals surface area contributed by atoms with Crippen molar-refractivity contribution in [2.24, 2.45) is 11.0 Å². The van der Waals surface area contributed by atoms with Gasteiger partial charge in [0.15, 0.2) is 11.5 Å². The summed E-state index contributed by atoms with van der Waals surface area (Å²) in [7, 11) is 0. The predicted octanol–water partition coefficient (Wildman–Crippen LogP) is 5.22. The predicted molar refractivity (Wildman–Crippen MR) is 101 cm³/mol. The van der Waals surface area contributed by atoms with E-state index in [1.165, 1.54) is 0 Å². The van der Waals surface area contributed by atoms with Crippen LogP contribution < -0.4 is 14.9 Å².